The first kappa shape index (κ1) is 10.9. The lowest BCUT2D eigenvalue weighted by molar-refractivity contribution is -0.385. The van der Waals surface area contributed by atoms with E-state index in [4.69, 9.17) is 10.5 Å². The zero-order chi connectivity index (χ0) is 10.6. The molecule has 0 radical (unpaired) electrons. The van der Waals surface area contributed by atoms with E-state index in [2.05, 4.69) is 15.9 Å². The number of hydrogen-bond acceptors (Lipinski definition) is 4. The predicted molar refractivity (Wildman–Crippen MR) is 55.3 cm³/mol. The molecule has 0 aliphatic heterocycles. The SMILES string of the molecule is NCCOc1cc(Br)ccc1[N+](=O)[O-]. The lowest BCUT2D eigenvalue weighted by Crippen LogP contribution is -2.11. The van der Waals surface area contributed by atoms with Gasteiger partial charge in [-0.25, -0.2) is 0 Å². The van der Waals surface area contributed by atoms with Crippen molar-refractivity contribution < 1.29 is 9.66 Å². The van der Waals surface area contributed by atoms with Crippen LogP contribution in [0.3, 0.4) is 0 Å². The second-order valence-electron chi connectivity index (χ2n) is 2.51. The summed E-state index contributed by atoms with van der Waals surface area (Å²) in [6.45, 7) is 0.584. The highest BCUT2D eigenvalue weighted by Gasteiger charge is 2.14. The van der Waals surface area contributed by atoms with Crippen LogP contribution in [0.15, 0.2) is 22.7 Å². The smallest absolute Gasteiger partial charge is 0.310 e. The molecule has 5 nitrogen and oxygen atoms in total. The minimum atomic E-state index is -0.488. The van der Waals surface area contributed by atoms with Gasteiger partial charge in [-0.2, -0.15) is 0 Å². The van der Waals surface area contributed by atoms with Crippen LogP contribution in [0.1, 0.15) is 0 Å². The van der Waals surface area contributed by atoms with Gasteiger partial charge in [0.2, 0.25) is 0 Å². The average molecular weight is 261 g/mol. The molecule has 2 N–H and O–H groups in total. The first-order valence-electron chi connectivity index (χ1n) is 3.92. The average Bonchev–Trinajstić information content (AvgIpc) is 2.14. The normalized spacial score (nSPS) is 9.86. The Balaban J connectivity index is 2.97. The molecule has 76 valence electrons. The Bertz CT molecular complexity index is 343. The third-order valence-electron chi connectivity index (χ3n) is 1.49. The second-order valence-corrected chi connectivity index (χ2v) is 3.42. The van der Waals surface area contributed by atoms with E-state index in [1.807, 2.05) is 0 Å². The highest BCUT2D eigenvalue weighted by molar-refractivity contribution is 9.10. The van der Waals surface area contributed by atoms with Gasteiger partial charge in [0, 0.05) is 23.2 Å². The van der Waals surface area contributed by atoms with E-state index in [1.165, 1.54) is 6.07 Å². The maximum atomic E-state index is 10.6. The molecule has 6 heteroatoms. The number of nitrogens with zero attached hydrogens (tertiary/aromatic N) is 1. The van der Waals surface area contributed by atoms with Gasteiger partial charge in [-0.05, 0) is 6.07 Å². The van der Waals surface area contributed by atoms with Crippen LogP contribution < -0.4 is 10.5 Å². The van der Waals surface area contributed by atoms with E-state index in [0.29, 0.717) is 6.54 Å². The molecule has 0 saturated heterocycles. The zero-order valence-corrected chi connectivity index (χ0v) is 8.86. The summed E-state index contributed by atoms with van der Waals surface area (Å²) in [5.41, 5.74) is 5.18. The molecule has 0 unspecified atom stereocenters. The maximum Gasteiger partial charge on any atom is 0.310 e. The Hall–Kier alpha value is -1.14. The van der Waals surface area contributed by atoms with Crippen LogP contribution in [0, 0.1) is 10.1 Å². The number of nitro benzene ring substituents is 1. The Labute approximate surface area is 89.1 Å². The van der Waals surface area contributed by atoms with Gasteiger partial charge in [-0.15, -0.1) is 0 Å². The maximum absolute atomic E-state index is 10.6. The lowest BCUT2D eigenvalue weighted by Gasteiger charge is -2.05. The van der Waals surface area contributed by atoms with Crippen LogP contribution in [0.4, 0.5) is 5.69 Å². The summed E-state index contributed by atoms with van der Waals surface area (Å²) in [6, 6.07) is 4.52. The third kappa shape index (κ3) is 2.68. The highest BCUT2D eigenvalue weighted by Crippen LogP contribution is 2.29. The van der Waals surface area contributed by atoms with Gasteiger partial charge >= 0.3 is 5.69 Å². The van der Waals surface area contributed by atoms with Crippen LogP contribution in [0.2, 0.25) is 0 Å². The molecule has 0 saturated carbocycles. The minimum absolute atomic E-state index is 0.0540. The summed E-state index contributed by atoms with van der Waals surface area (Å²) < 4.78 is 5.86. The summed E-state index contributed by atoms with van der Waals surface area (Å²) in [5, 5.41) is 10.6. The summed E-state index contributed by atoms with van der Waals surface area (Å²) in [6.07, 6.45) is 0. The molecule has 1 aromatic rings. The van der Waals surface area contributed by atoms with E-state index in [-0.39, 0.29) is 18.0 Å². The van der Waals surface area contributed by atoms with Crippen LogP contribution in [-0.2, 0) is 0 Å². The van der Waals surface area contributed by atoms with Gasteiger partial charge < -0.3 is 10.5 Å². The molecule has 0 atom stereocenters. The number of rotatable bonds is 4. The molecule has 14 heavy (non-hydrogen) atoms. The van der Waals surface area contributed by atoms with Crippen LogP contribution in [-0.4, -0.2) is 18.1 Å². The molecule has 0 heterocycles. The number of ether oxygens (including phenoxy) is 1. The van der Waals surface area contributed by atoms with Gasteiger partial charge in [-0.3, -0.25) is 10.1 Å². The van der Waals surface area contributed by atoms with Crippen molar-refractivity contribution in [3.63, 3.8) is 0 Å². The number of benzene rings is 1. The van der Waals surface area contributed by atoms with Crippen molar-refractivity contribution in [2.75, 3.05) is 13.2 Å². The molecule has 0 aromatic heterocycles. The summed E-state index contributed by atoms with van der Waals surface area (Å²) >= 11 is 3.20. The largest absolute Gasteiger partial charge is 0.485 e. The predicted octanol–water partition coefficient (Wildman–Crippen LogP) is 1.69. The molecule has 0 fully saturated rings. The fourth-order valence-electron chi connectivity index (χ4n) is 0.923. The van der Waals surface area contributed by atoms with Crippen molar-refractivity contribution >= 4 is 21.6 Å². The third-order valence-corrected chi connectivity index (χ3v) is 1.99. The van der Waals surface area contributed by atoms with E-state index in [0.717, 1.165) is 4.47 Å². The van der Waals surface area contributed by atoms with E-state index in [9.17, 15) is 10.1 Å². The van der Waals surface area contributed by atoms with Crippen LogP contribution in [0.5, 0.6) is 5.75 Å². The van der Waals surface area contributed by atoms with E-state index in [1.54, 1.807) is 12.1 Å². The van der Waals surface area contributed by atoms with E-state index < -0.39 is 4.92 Å². The molecular formula is C8H9BrN2O3. The topological polar surface area (TPSA) is 78.4 Å². The first-order valence-corrected chi connectivity index (χ1v) is 4.71. The quantitative estimate of drug-likeness (QED) is 0.660. The number of nitro groups is 1. The molecule has 1 rings (SSSR count). The monoisotopic (exact) mass is 260 g/mol. The zero-order valence-electron chi connectivity index (χ0n) is 7.27. The van der Waals surface area contributed by atoms with E-state index >= 15 is 0 Å². The Morgan fingerprint density at radius 3 is 2.86 bits per heavy atom. The standard InChI is InChI=1S/C8H9BrN2O3/c9-6-1-2-7(11(12)13)8(5-6)14-4-3-10/h1-2,5H,3-4,10H2. The Morgan fingerprint density at radius 1 is 1.57 bits per heavy atom. The summed E-state index contributed by atoms with van der Waals surface area (Å²) in [5.74, 6) is 0.231. The molecule has 0 aliphatic rings. The Morgan fingerprint density at radius 2 is 2.29 bits per heavy atom. The Kier molecular flexibility index (Phi) is 3.84. The molecule has 0 bridgehead atoms. The van der Waals surface area contributed by atoms with Gasteiger partial charge in [0.25, 0.3) is 0 Å². The van der Waals surface area contributed by atoms with Gasteiger partial charge in [-0.1, -0.05) is 15.9 Å². The molecule has 0 spiro atoms. The first-order chi connectivity index (χ1) is 6.65. The van der Waals surface area contributed by atoms with Crippen molar-refractivity contribution in [3.05, 3.63) is 32.8 Å². The number of halogens is 1. The van der Waals surface area contributed by atoms with Crippen LogP contribution in [0.25, 0.3) is 0 Å². The van der Waals surface area contributed by atoms with Crippen molar-refractivity contribution in [2.45, 2.75) is 0 Å². The van der Waals surface area contributed by atoms with Crippen molar-refractivity contribution in [2.24, 2.45) is 5.73 Å². The highest BCUT2D eigenvalue weighted by atomic mass is 79.9. The van der Waals surface area contributed by atoms with Gasteiger partial charge in [0.05, 0.1) is 4.92 Å². The second kappa shape index (κ2) is 4.92. The summed E-state index contributed by atoms with van der Waals surface area (Å²) in [4.78, 5) is 10.1. The number of hydrogen-bond donors (Lipinski definition) is 1. The van der Waals surface area contributed by atoms with Crippen molar-refractivity contribution in [1.29, 1.82) is 0 Å². The van der Waals surface area contributed by atoms with Crippen LogP contribution >= 0.6 is 15.9 Å². The fourth-order valence-corrected chi connectivity index (χ4v) is 1.26. The lowest BCUT2D eigenvalue weighted by atomic mass is 10.3. The minimum Gasteiger partial charge on any atom is -0.485 e. The molecule has 1 aromatic carbocycles. The van der Waals surface area contributed by atoms with Crippen molar-refractivity contribution in [3.8, 4) is 5.75 Å². The number of nitrogens with two attached hydrogens (primary N) is 1. The fraction of sp³-hybridized carbons (Fsp3) is 0.250. The van der Waals surface area contributed by atoms with Crippen molar-refractivity contribution in [1.82, 2.24) is 0 Å². The molecule has 0 amide bonds. The summed E-state index contributed by atoms with van der Waals surface area (Å²) in [7, 11) is 0. The van der Waals surface area contributed by atoms with Gasteiger partial charge in [0.15, 0.2) is 5.75 Å². The molecule has 0 aliphatic carbocycles. The van der Waals surface area contributed by atoms with Gasteiger partial charge in [0.1, 0.15) is 6.61 Å². The molecular weight excluding hydrogens is 252 g/mol.